The number of amides is 1. The fourth-order valence-corrected chi connectivity index (χ4v) is 4.24. The van der Waals surface area contributed by atoms with Crippen molar-refractivity contribution < 1.29 is 24.2 Å². The number of likely N-dealkylation sites (N-methyl/N-ethyl adjacent to an activating group) is 1. The molecule has 6 nitrogen and oxygen atoms in total. The van der Waals surface area contributed by atoms with E-state index in [9.17, 15) is 14.7 Å². The van der Waals surface area contributed by atoms with Gasteiger partial charge in [-0.05, 0) is 48.9 Å². The molecule has 0 aromatic heterocycles. The smallest absolute Gasteiger partial charge is 0.337 e. The van der Waals surface area contributed by atoms with Crippen LogP contribution in [0.2, 0.25) is 5.02 Å². The second-order valence-electron chi connectivity index (χ2n) is 7.83. The standard InChI is InChI=1S/C24H22ClNO5/c1-24-13-18(17-12-16(25)9-11-20(17)31-24)21(22(28)26(24)2)19(27)10-6-14-4-7-15(8-5-14)23(29)30-3/h4-12,18,27H,13H2,1-3H3/b10-6+,21-19-. The van der Waals surface area contributed by atoms with Gasteiger partial charge in [0, 0.05) is 30.0 Å². The van der Waals surface area contributed by atoms with E-state index in [4.69, 9.17) is 21.1 Å². The minimum absolute atomic E-state index is 0.117. The molecule has 7 heteroatoms. The van der Waals surface area contributed by atoms with Crippen molar-refractivity contribution in [2.45, 2.75) is 25.0 Å². The Balaban J connectivity index is 1.72. The van der Waals surface area contributed by atoms with Crippen LogP contribution in [0, 0.1) is 0 Å². The van der Waals surface area contributed by atoms with Gasteiger partial charge in [-0.25, -0.2) is 4.79 Å². The van der Waals surface area contributed by atoms with E-state index in [1.165, 1.54) is 18.1 Å². The quantitative estimate of drug-likeness (QED) is 0.426. The number of rotatable bonds is 3. The van der Waals surface area contributed by atoms with Crippen LogP contribution in [0.15, 0.2) is 59.9 Å². The molecule has 31 heavy (non-hydrogen) atoms. The predicted octanol–water partition coefficient (Wildman–Crippen LogP) is 4.71. The fraction of sp³-hybridized carbons (Fsp3) is 0.250. The molecule has 1 saturated heterocycles. The molecular formula is C24H22ClNO5. The van der Waals surface area contributed by atoms with Crippen LogP contribution in [0.25, 0.3) is 6.08 Å². The Bertz CT molecular complexity index is 1120. The maximum absolute atomic E-state index is 13.2. The number of likely N-dealkylation sites (tertiary alicyclic amines) is 1. The number of ether oxygens (including phenoxy) is 2. The van der Waals surface area contributed by atoms with Crippen LogP contribution in [-0.2, 0) is 9.53 Å². The van der Waals surface area contributed by atoms with Crippen LogP contribution in [-0.4, -0.2) is 41.8 Å². The number of esters is 1. The van der Waals surface area contributed by atoms with Gasteiger partial charge in [-0.2, -0.15) is 0 Å². The number of carbonyl (C=O) groups is 2. The third-order valence-electron chi connectivity index (χ3n) is 5.89. The highest BCUT2D eigenvalue weighted by Crippen LogP contribution is 2.50. The molecule has 1 N–H and O–H groups in total. The van der Waals surface area contributed by atoms with Crippen molar-refractivity contribution in [3.63, 3.8) is 0 Å². The van der Waals surface area contributed by atoms with Gasteiger partial charge in [0.15, 0.2) is 5.72 Å². The zero-order chi connectivity index (χ0) is 22.3. The molecule has 1 fully saturated rings. The Hall–Kier alpha value is -3.25. The molecule has 2 aliphatic rings. The molecular weight excluding hydrogens is 418 g/mol. The first-order valence-electron chi connectivity index (χ1n) is 9.80. The first-order valence-corrected chi connectivity index (χ1v) is 10.2. The highest BCUT2D eigenvalue weighted by atomic mass is 35.5. The Morgan fingerprint density at radius 3 is 2.68 bits per heavy atom. The number of aliphatic hydroxyl groups is 1. The van der Waals surface area contributed by atoms with Crippen molar-refractivity contribution >= 4 is 29.6 Å². The van der Waals surface area contributed by atoms with Crippen LogP contribution < -0.4 is 4.74 Å². The van der Waals surface area contributed by atoms with E-state index < -0.39 is 11.7 Å². The van der Waals surface area contributed by atoms with E-state index >= 15 is 0 Å². The number of benzene rings is 2. The maximum atomic E-state index is 13.2. The zero-order valence-electron chi connectivity index (χ0n) is 17.4. The summed E-state index contributed by atoms with van der Waals surface area (Å²) in [6.07, 6.45) is 3.68. The van der Waals surface area contributed by atoms with Gasteiger partial charge in [0.25, 0.3) is 5.91 Å². The molecule has 0 aliphatic carbocycles. The van der Waals surface area contributed by atoms with E-state index in [2.05, 4.69) is 0 Å². The monoisotopic (exact) mass is 439 g/mol. The molecule has 2 bridgehead atoms. The van der Waals surface area contributed by atoms with Crippen LogP contribution in [0.3, 0.4) is 0 Å². The van der Waals surface area contributed by atoms with E-state index in [0.717, 1.165) is 11.1 Å². The summed E-state index contributed by atoms with van der Waals surface area (Å²) in [5.74, 6) is -0.532. The number of halogens is 1. The van der Waals surface area contributed by atoms with Crippen LogP contribution >= 0.6 is 11.6 Å². The minimum Gasteiger partial charge on any atom is -0.507 e. The number of methoxy groups -OCH3 is 1. The van der Waals surface area contributed by atoms with E-state index in [1.807, 2.05) is 6.92 Å². The Kier molecular flexibility index (Phi) is 5.27. The van der Waals surface area contributed by atoms with Gasteiger partial charge in [0.05, 0.1) is 18.2 Å². The second-order valence-corrected chi connectivity index (χ2v) is 8.26. The lowest BCUT2D eigenvalue weighted by atomic mass is 9.77. The number of hydrogen-bond acceptors (Lipinski definition) is 5. The Morgan fingerprint density at radius 1 is 1.29 bits per heavy atom. The summed E-state index contributed by atoms with van der Waals surface area (Å²) in [6.45, 7) is 1.86. The van der Waals surface area contributed by atoms with Crippen molar-refractivity contribution in [2.75, 3.05) is 14.2 Å². The first kappa shape index (κ1) is 21.0. The number of allylic oxidation sites excluding steroid dienone is 1. The summed E-state index contributed by atoms with van der Waals surface area (Å²) < 4.78 is 10.8. The third-order valence-corrected chi connectivity index (χ3v) is 6.13. The van der Waals surface area contributed by atoms with Gasteiger partial charge < -0.3 is 19.5 Å². The average molecular weight is 440 g/mol. The van der Waals surface area contributed by atoms with Crippen molar-refractivity contribution in [3.8, 4) is 5.75 Å². The van der Waals surface area contributed by atoms with E-state index in [1.54, 1.807) is 55.6 Å². The Labute approximate surface area is 185 Å². The summed E-state index contributed by atoms with van der Waals surface area (Å²) in [5, 5.41) is 11.4. The van der Waals surface area contributed by atoms with Gasteiger partial charge >= 0.3 is 5.97 Å². The summed E-state index contributed by atoms with van der Waals surface area (Å²) >= 11 is 6.19. The fourth-order valence-electron chi connectivity index (χ4n) is 4.06. The highest BCUT2D eigenvalue weighted by molar-refractivity contribution is 6.30. The number of carbonyl (C=O) groups excluding carboxylic acids is 2. The van der Waals surface area contributed by atoms with E-state index in [0.29, 0.717) is 28.3 Å². The van der Waals surface area contributed by atoms with Gasteiger partial charge in [-0.3, -0.25) is 4.79 Å². The van der Waals surface area contributed by atoms with Crippen molar-refractivity contribution in [3.05, 3.63) is 81.6 Å². The number of piperidine rings is 1. The van der Waals surface area contributed by atoms with E-state index in [-0.39, 0.29) is 17.6 Å². The number of aliphatic hydroxyl groups excluding tert-OH is 1. The van der Waals surface area contributed by atoms with Crippen LogP contribution in [0.5, 0.6) is 5.75 Å². The largest absolute Gasteiger partial charge is 0.507 e. The lowest BCUT2D eigenvalue weighted by Gasteiger charge is -2.50. The highest BCUT2D eigenvalue weighted by Gasteiger charge is 2.51. The minimum atomic E-state index is -0.806. The van der Waals surface area contributed by atoms with Crippen molar-refractivity contribution in [1.82, 2.24) is 4.90 Å². The van der Waals surface area contributed by atoms with Gasteiger partial charge in [0.2, 0.25) is 0 Å². The molecule has 2 atom stereocenters. The maximum Gasteiger partial charge on any atom is 0.337 e. The average Bonchev–Trinajstić information content (AvgIpc) is 2.76. The molecule has 0 saturated carbocycles. The van der Waals surface area contributed by atoms with Crippen molar-refractivity contribution in [2.24, 2.45) is 0 Å². The summed E-state index contributed by atoms with van der Waals surface area (Å²) in [4.78, 5) is 26.2. The molecule has 0 spiro atoms. The Morgan fingerprint density at radius 2 is 2.00 bits per heavy atom. The zero-order valence-corrected chi connectivity index (χ0v) is 18.1. The summed E-state index contributed by atoms with van der Waals surface area (Å²) in [6, 6.07) is 12.1. The summed E-state index contributed by atoms with van der Waals surface area (Å²) in [5.41, 5.74) is 1.47. The number of fused-ring (bicyclic) bond motifs is 4. The molecule has 160 valence electrons. The molecule has 2 aromatic carbocycles. The molecule has 0 radical (unpaired) electrons. The predicted molar refractivity (Wildman–Crippen MR) is 117 cm³/mol. The molecule has 2 aliphatic heterocycles. The topological polar surface area (TPSA) is 76.1 Å². The van der Waals surface area contributed by atoms with Crippen LogP contribution in [0.4, 0.5) is 0 Å². The second kappa shape index (κ2) is 7.78. The lowest BCUT2D eigenvalue weighted by molar-refractivity contribution is -0.153. The van der Waals surface area contributed by atoms with Crippen LogP contribution in [0.1, 0.15) is 40.7 Å². The SMILES string of the molecule is COC(=O)c1ccc(/C=C/C(O)=C2/C(=O)N(C)C3(C)CC2c2cc(Cl)ccc2O3)cc1. The van der Waals surface area contributed by atoms with Gasteiger partial charge in [0.1, 0.15) is 11.5 Å². The molecule has 2 unspecified atom stereocenters. The molecule has 2 aromatic rings. The molecule has 1 amide bonds. The normalized spacial score (nSPS) is 23.9. The van der Waals surface area contributed by atoms with Crippen molar-refractivity contribution in [1.29, 1.82) is 0 Å². The van der Waals surface area contributed by atoms with Gasteiger partial charge in [-0.15, -0.1) is 0 Å². The molecule has 2 heterocycles. The summed E-state index contributed by atoms with van der Waals surface area (Å²) in [7, 11) is 2.99. The number of hydrogen-bond donors (Lipinski definition) is 1. The third kappa shape index (κ3) is 3.68. The molecule has 4 rings (SSSR count). The first-order chi connectivity index (χ1) is 14.7. The number of nitrogens with zero attached hydrogens (tertiary/aromatic N) is 1. The van der Waals surface area contributed by atoms with Gasteiger partial charge in [-0.1, -0.05) is 29.8 Å². The lowest BCUT2D eigenvalue weighted by Crippen LogP contribution is -2.59.